The maximum absolute atomic E-state index is 13.9. The Hall–Kier alpha value is -1.68. The molecule has 3 nitrogen and oxygen atoms in total. The van der Waals surface area contributed by atoms with Crippen molar-refractivity contribution in [3.63, 3.8) is 0 Å². The van der Waals surface area contributed by atoms with Crippen molar-refractivity contribution in [3.8, 4) is 11.3 Å². The van der Waals surface area contributed by atoms with Crippen LogP contribution in [0.5, 0.6) is 0 Å². The fraction of sp³-hybridized carbons (Fsp3) is 0.231. The number of rotatable bonds is 3. The highest BCUT2D eigenvalue weighted by Gasteiger charge is 2.14. The summed E-state index contributed by atoms with van der Waals surface area (Å²) in [5.74, 6) is -0.00541. The molecule has 94 valence electrons. The van der Waals surface area contributed by atoms with Crippen LogP contribution in [0.4, 0.5) is 10.2 Å². The average molecular weight is 266 g/mol. The molecule has 0 fully saturated rings. The van der Waals surface area contributed by atoms with Gasteiger partial charge in [-0.05, 0) is 24.6 Å². The molecule has 0 saturated heterocycles. The van der Waals surface area contributed by atoms with Crippen LogP contribution in [-0.2, 0) is 6.42 Å². The van der Waals surface area contributed by atoms with Gasteiger partial charge in [-0.3, -0.25) is 0 Å². The number of aromatic nitrogens is 2. The zero-order chi connectivity index (χ0) is 13.1. The summed E-state index contributed by atoms with van der Waals surface area (Å²) in [6.45, 7) is 2.02. The first-order valence-electron chi connectivity index (χ1n) is 5.68. The number of nitrogens with zero attached hydrogens (tertiary/aromatic N) is 2. The van der Waals surface area contributed by atoms with Gasteiger partial charge in [-0.15, -0.1) is 0 Å². The van der Waals surface area contributed by atoms with Crippen molar-refractivity contribution < 1.29 is 4.39 Å². The molecule has 2 aromatic rings. The molecule has 0 aliphatic rings. The van der Waals surface area contributed by atoms with Crippen molar-refractivity contribution >= 4 is 17.4 Å². The van der Waals surface area contributed by atoms with E-state index in [9.17, 15) is 4.39 Å². The lowest BCUT2D eigenvalue weighted by Gasteiger charge is -2.10. The van der Waals surface area contributed by atoms with Crippen LogP contribution in [0.3, 0.4) is 0 Å². The maximum Gasteiger partial charge on any atom is 0.134 e. The molecule has 1 heterocycles. The smallest absolute Gasteiger partial charge is 0.134 e. The Bertz CT molecular complexity index is 572. The highest BCUT2D eigenvalue weighted by molar-refractivity contribution is 6.30. The average Bonchev–Trinajstić information content (AvgIpc) is 2.32. The summed E-state index contributed by atoms with van der Waals surface area (Å²) in [4.78, 5) is 8.09. The first-order chi connectivity index (χ1) is 8.63. The summed E-state index contributed by atoms with van der Waals surface area (Å²) in [5, 5.41) is 0.357. The largest absolute Gasteiger partial charge is 0.383 e. The van der Waals surface area contributed by atoms with E-state index in [4.69, 9.17) is 17.3 Å². The topological polar surface area (TPSA) is 51.8 Å². The summed E-state index contributed by atoms with van der Waals surface area (Å²) >= 11 is 5.74. The van der Waals surface area contributed by atoms with Crippen LogP contribution >= 0.6 is 11.6 Å². The number of nitrogens with two attached hydrogens (primary N) is 1. The molecule has 2 rings (SSSR count). The molecule has 0 bridgehead atoms. The lowest BCUT2D eigenvalue weighted by atomic mass is 10.0. The summed E-state index contributed by atoms with van der Waals surface area (Å²) in [6.07, 6.45) is 2.95. The number of benzene rings is 1. The predicted molar refractivity (Wildman–Crippen MR) is 70.8 cm³/mol. The van der Waals surface area contributed by atoms with Gasteiger partial charge in [0.1, 0.15) is 18.0 Å². The third kappa shape index (κ3) is 2.43. The monoisotopic (exact) mass is 265 g/mol. The molecule has 0 aliphatic carbocycles. The molecule has 0 atom stereocenters. The third-order valence-electron chi connectivity index (χ3n) is 2.66. The fourth-order valence-electron chi connectivity index (χ4n) is 1.84. The normalized spacial score (nSPS) is 10.6. The third-order valence-corrected chi connectivity index (χ3v) is 2.90. The summed E-state index contributed by atoms with van der Waals surface area (Å²) in [6, 6.07) is 4.51. The Morgan fingerprint density at radius 3 is 2.78 bits per heavy atom. The van der Waals surface area contributed by atoms with E-state index in [1.165, 1.54) is 12.4 Å². The van der Waals surface area contributed by atoms with Crippen LogP contribution in [0.15, 0.2) is 24.5 Å². The molecule has 0 saturated carbocycles. The summed E-state index contributed by atoms with van der Waals surface area (Å²) < 4.78 is 13.9. The molecule has 0 aliphatic heterocycles. The lowest BCUT2D eigenvalue weighted by Crippen LogP contribution is -2.03. The quantitative estimate of drug-likeness (QED) is 0.924. The second kappa shape index (κ2) is 5.31. The highest BCUT2D eigenvalue weighted by atomic mass is 35.5. The van der Waals surface area contributed by atoms with Crippen LogP contribution < -0.4 is 5.73 Å². The van der Waals surface area contributed by atoms with Crippen molar-refractivity contribution in [2.24, 2.45) is 0 Å². The van der Waals surface area contributed by atoms with E-state index in [0.717, 1.165) is 12.0 Å². The second-order valence-corrected chi connectivity index (χ2v) is 4.40. The van der Waals surface area contributed by atoms with Crippen LogP contribution in [-0.4, -0.2) is 9.97 Å². The van der Waals surface area contributed by atoms with Gasteiger partial charge in [0.25, 0.3) is 0 Å². The van der Waals surface area contributed by atoms with E-state index in [-0.39, 0.29) is 0 Å². The van der Waals surface area contributed by atoms with Gasteiger partial charge < -0.3 is 5.73 Å². The molecule has 0 amide bonds. The minimum absolute atomic E-state index is 0.357. The zero-order valence-electron chi connectivity index (χ0n) is 9.95. The fourth-order valence-corrected chi connectivity index (χ4v) is 1.99. The molecule has 18 heavy (non-hydrogen) atoms. The van der Waals surface area contributed by atoms with Gasteiger partial charge in [0, 0.05) is 16.1 Å². The van der Waals surface area contributed by atoms with Crippen molar-refractivity contribution in [2.75, 3.05) is 5.73 Å². The molecule has 0 spiro atoms. The minimum atomic E-state index is -0.405. The van der Waals surface area contributed by atoms with Crippen LogP contribution in [0, 0.1) is 5.82 Å². The first kappa shape index (κ1) is 12.8. The predicted octanol–water partition coefficient (Wildman–Crippen LogP) is 3.47. The molecule has 1 aromatic carbocycles. The van der Waals surface area contributed by atoms with Gasteiger partial charge >= 0.3 is 0 Å². The van der Waals surface area contributed by atoms with E-state index in [1.807, 2.05) is 6.92 Å². The first-order valence-corrected chi connectivity index (χ1v) is 6.06. The van der Waals surface area contributed by atoms with Crippen LogP contribution in [0.25, 0.3) is 11.3 Å². The Balaban J connectivity index is 2.59. The van der Waals surface area contributed by atoms with Gasteiger partial charge in [0.05, 0.1) is 5.69 Å². The molecular weight excluding hydrogens is 253 g/mol. The molecule has 5 heteroatoms. The number of anilines is 1. The van der Waals surface area contributed by atoms with E-state index < -0.39 is 5.82 Å². The number of halogens is 2. The maximum atomic E-state index is 13.9. The minimum Gasteiger partial charge on any atom is -0.383 e. The van der Waals surface area contributed by atoms with Crippen molar-refractivity contribution in [1.82, 2.24) is 9.97 Å². The van der Waals surface area contributed by atoms with Gasteiger partial charge in [0.2, 0.25) is 0 Å². The molecule has 2 N–H and O–H groups in total. The Kier molecular flexibility index (Phi) is 3.77. The van der Waals surface area contributed by atoms with Gasteiger partial charge in [-0.1, -0.05) is 24.9 Å². The number of nitrogen functional groups attached to an aromatic ring is 1. The lowest BCUT2D eigenvalue weighted by molar-refractivity contribution is 0.630. The molecule has 0 unspecified atom stereocenters. The molecule has 1 aromatic heterocycles. The summed E-state index contributed by atoms with van der Waals surface area (Å²) in [5.41, 5.74) is 7.54. The standard InChI is InChI=1S/C13H13ClFN3/c1-2-3-10-12(17-7-18-13(10)16)9-5-4-8(14)6-11(9)15/h4-7H,2-3H2,1H3,(H2,16,17,18). The number of hydrogen-bond acceptors (Lipinski definition) is 3. The Morgan fingerprint density at radius 2 is 2.11 bits per heavy atom. The SMILES string of the molecule is CCCc1c(N)ncnc1-c1ccc(Cl)cc1F. The van der Waals surface area contributed by atoms with Crippen molar-refractivity contribution in [3.05, 3.63) is 40.9 Å². The van der Waals surface area contributed by atoms with Crippen molar-refractivity contribution in [2.45, 2.75) is 19.8 Å². The molecular formula is C13H13ClFN3. The van der Waals surface area contributed by atoms with Gasteiger partial charge in [-0.2, -0.15) is 0 Å². The summed E-state index contributed by atoms with van der Waals surface area (Å²) in [7, 11) is 0. The Morgan fingerprint density at radius 1 is 1.33 bits per heavy atom. The van der Waals surface area contributed by atoms with E-state index in [0.29, 0.717) is 28.5 Å². The van der Waals surface area contributed by atoms with Gasteiger partial charge in [0.15, 0.2) is 0 Å². The van der Waals surface area contributed by atoms with E-state index >= 15 is 0 Å². The Labute approximate surface area is 110 Å². The number of hydrogen-bond donors (Lipinski definition) is 1. The van der Waals surface area contributed by atoms with Crippen LogP contribution in [0.2, 0.25) is 5.02 Å². The van der Waals surface area contributed by atoms with E-state index in [1.54, 1.807) is 12.1 Å². The van der Waals surface area contributed by atoms with E-state index in [2.05, 4.69) is 9.97 Å². The second-order valence-electron chi connectivity index (χ2n) is 3.96. The van der Waals surface area contributed by atoms with Crippen molar-refractivity contribution in [1.29, 1.82) is 0 Å². The molecule has 0 radical (unpaired) electrons. The zero-order valence-corrected chi connectivity index (χ0v) is 10.7. The van der Waals surface area contributed by atoms with Crippen LogP contribution in [0.1, 0.15) is 18.9 Å². The highest BCUT2D eigenvalue weighted by Crippen LogP contribution is 2.29. The van der Waals surface area contributed by atoms with Gasteiger partial charge in [-0.25, -0.2) is 14.4 Å².